The molecule has 2 amide bonds. The predicted octanol–water partition coefficient (Wildman–Crippen LogP) is 4.54. The molecule has 6 rings (SSSR count). The number of aromatic amines is 1. The molecule has 0 saturated heterocycles. The number of nitrogens with one attached hydrogen (secondary N) is 3. The number of rotatable bonds is 9. The molecule has 0 spiro atoms. The molecular weight excluding hydrogens is 454 g/mol. The van der Waals surface area contributed by atoms with Gasteiger partial charge >= 0.3 is 6.09 Å². The van der Waals surface area contributed by atoms with Crippen molar-refractivity contribution in [2.75, 3.05) is 6.61 Å². The van der Waals surface area contributed by atoms with E-state index in [9.17, 15) is 14.7 Å². The molecule has 36 heavy (non-hydrogen) atoms. The van der Waals surface area contributed by atoms with Gasteiger partial charge in [-0.15, -0.1) is 0 Å². The number of hydrogen-bond acceptors (Lipinski definition) is 4. The van der Waals surface area contributed by atoms with E-state index in [4.69, 9.17) is 4.74 Å². The number of fused-ring (bicyclic) bond motifs is 1. The van der Waals surface area contributed by atoms with Crippen LogP contribution >= 0.6 is 0 Å². The van der Waals surface area contributed by atoms with E-state index in [2.05, 4.69) is 29.5 Å². The fraction of sp³-hybridized carbons (Fsp3) is 0.655. The van der Waals surface area contributed by atoms with Crippen molar-refractivity contribution < 1.29 is 19.4 Å². The fourth-order valence-corrected chi connectivity index (χ4v) is 7.38. The smallest absolute Gasteiger partial charge is 0.408 e. The molecule has 7 heteroatoms. The molecule has 4 bridgehead atoms. The van der Waals surface area contributed by atoms with E-state index < -0.39 is 11.6 Å². The first-order valence-electron chi connectivity index (χ1n) is 13.7. The number of aliphatic hydroxyl groups excluding tert-OH is 1. The average molecular weight is 496 g/mol. The molecule has 4 aliphatic carbocycles. The highest BCUT2D eigenvalue weighted by atomic mass is 16.6. The summed E-state index contributed by atoms with van der Waals surface area (Å²) in [5.74, 6) is 2.50. The molecule has 1 aromatic heterocycles. The Kier molecular flexibility index (Phi) is 7.03. The maximum atomic E-state index is 13.6. The zero-order valence-corrected chi connectivity index (χ0v) is 21.8. The number of H-pyrrole nitrogens is 1. The summed E-state index contributed by atoms with van der Waals surface area (Å²) in [6.07, 6.45) is 8.27. The minimum Gasteiger partial charge on any atom is -0.446 e. The molecule has 2 atom stereocenters. The Morgan fingerprint density at radius 2 is 1.78 bits per heavy atom. The van der Waals surface area contributed by atoms with Crippen molar-refractivity contribution in [3.05, 3.63) is 36.0 Å². The van der Waals surface area contributed by atoms with E-state index in [1.54, 1.807) is 6.92 Å². The van der Waals surface area contributed by atoms with Gasteiger partial charge in [-0.1, -0.05) is 32.0 Å². The van der Waals surface area contributed by atoms with Gasteiger partial charge in [0.25, 0.3) is 0 Å². The van der Waals surface area contributed by atoms with Crippen molar-refractivity contribution in [3.8, 4) is 0 Å². The number of carbonyl (C=O) groups is 2. The number of carbonyl (C=O) groups excluding carboxylic acids is 2. The highest BCUT2D eigenvalue weighted by molar-refractivity contribution is 5.91. The van der Waals surface area contributed by atoms with E-state index >= 15 is 0 Å². The van der Waals surface area contributed by atoms with Crippen LogP contribution in [0.3, 0.4) is 0 Å². The Labute approximate surface area is 213 Å². The Morgan fingerprint density at radius 3 is 2.42 bits per heavy atom. The van der Waals surface area contributed by atoms with E-state index in [1.807, 2.05) is 30.5 Å². The second-order valence-electron chi connectivity index (χ2n) is 12.3. The number of aromatic nitrogens is 1. The number of benzene rings is 1. The Balaban J connectivity index is 1.34. The van der Waals surface area contributed by atoms with Crippen LogP contribution in [0.15, 0.2) is 30.5 Å². The Hall–Kier alpha value is -2.54. The Morgan fingerprint density at radius 1 is 1.11 bits per heavy atom. The molecule has 2 aromatic rings. The van der Waals surface area contributed by atoms with Gasteiger partial charge in [-0.05, 0) is 86.7 Å². The van der Waals surface area contributed by atoms with Gasteiger partial charge < -0.3 is 25.5 Å². The van der Waals surface area contributed by atoms with Crippen LogP contribution in [0.5, 0.6) is 0 Å². The van der Waals surface area contributed by atoms with Gasteiger partial charge in [0.15, 0.2) is 0 Å². The van der Waals surface area contributed by atoms with E-state index in [1.165, 1.54) is 6.42 Å². The van der Waals surface area contributed by atoms with Gasteiger partial charge in [0.2, 0.25) is 5.91 Å². The lowest BCUT2D eigenvalue weighted by Gasteiger charge is -2.53. The third kappa shape index (κ3) is 5.13. The van der Waals surface area contributed by atoms with Gasteiger partial charge in [-0.3, -0.25) is 4.79 Å². The molecule has 4 aliphatic rings. The predicted molar refractivity (Wildman–Crippen MR) is 139 cm³/mol. The number of ether oxygens (including phenoxy) is 1. The second kappa shape index (κ2) is 10.1. The number of aliphatic hydroxyl groups is 1. The third-order valence-electron chi connectivity index (χ3n) is 8.79. The first kappa shape index (κ1) is 25.1. The number of alkyl carbamates (subject to hydrolysis) is 1. The van der Waals surface area contributed by atoms with Crippen molar-refractivity contribution in [2.24, 2.45) is 29.6 Å². The van der Waals surface area contributed by atoms with Crippen LogP contribution in [0.4, 0.5) is 4.79 Å². The van der Waals surface area contributed by atoms with Crippen LogP contribution < -0.4 is 10.6 Å². The summed E-state index contributed by atoms with van der Waals surface area (Å²) in [5, 5.41) is 16.9. The lowest BCUT2D eigenvalue weighted by atomic mass is 9.55. The van der Waals surface area contributed by atoms with E-state index in [0.29, 0.717) is 30.6 Å². The van der Waals surface area contributed by atoms with Gasteiger partial charge in [0.05, 0.1) is 12.6 Å². The first-order chi connectivity index (χ1) is 17.2. The quantitative estimate of drug-likeness (QED) is 0.410. The summed E-state index contributed by atoms with van der Waals surface area (Å²) < 4.78 is 6.09. The highest BCUT2D eigenvalue weighted by Crippen LogP contribution is 2.54. The van der Waals surface area contributed by atoms with Gasteiger partial charge in [0.1, 0.15) is 11.6 Å². The molecule has 1 aromatic carbocycles. The summed E-state index contributed by atoms with van der Waals surface area (Å²) in [7, 11) is 0. The average Bonchev–Trinajstić information content (AvgIpc) is 3.22. The highest BCUT2D eigenvalue weighted by Gasteiger charge is 2.50. The van der Waals surface area contributed by atoms with Crippen LogP contribution in [0.2, 0.25) is 0 Å². The molecule has 7 nitrogen and oxygen atoms in total. The summed E-state index contributed by atoms with van der Waals surface area (Å²) >= 11 is 0. The summed E-state index contributed by atoms with van der Waals surface area (Å²) in [5.41, 5.74) is 0.695. The molecule has 0 aliphatic heterocycles. The zero-order valence-electron chi connectivity index (χ0n) is 21.8. The van der Waals surface area contributed by atoms with Crippen molar-refractivity contribution >= 4 is 22.9 Å². The lowest BCUT2D eigenvalue weighted by Crippen LogP contribution is -2.61. The number of amides is 2. The zero-order chi connectivity index (χ0) is 25.4. The van der Waals surface area contributed by atoms with Crippen LogP contribution in [0.1, 0.15) is 64.9 Å². The number of para-hydroxylation sites is 1. The maximum absolute atomic E-state index is 13.6. The molecule has 4 fully saturated rings. The molecule has 196 valence electrons. The molecule has 1 heterocycles. The molecular formula is C29H41N3O4. The van der Waals surface area contributed by atoms with Crippen molar-refractivity contribution in [3.63, 3.8) is 0 Å². The second-order valence-corrected chi connectivity index (χ2v) is 12.3. The van der Waals surface area contributed by atoms with Crippen molar-refractivity contribution in [1.29, 1.82) is 0 Å². The first-order valence-corrected chi connectivity index (χ1v) is 13.7. The Bertz CT molecular complexity index is 1070. The van der Waals surface area contributed by atoms with E-state index in [-0.39, 0.29) is 24.7 Å². The van der Waals surface area contributed by atoms with Crippen LogP contribution in [-0.4, -0.2) is 46.4 Å². The van der Waals surface area contributed by atoms with Crippen LogP contribution in [0.25, 0.3) is 10.9 Å². The molecule has 4 N–H and O–H groups in total. The normalized spacial score (nSPS) is 29.2. The fourth-order valence-electron chi connectivity index (χ4n) is 7.38. The lowest BCUT2D eigenvalue weighted by molar-refractivity contribution is -0.129. The molecule has 2 unspecified atom stereocenters. The van der Waals surface area contributed by atoms with Gasteiger partial charge in [-0.2, -0.15) is 0 Å². The topological polar surface area (TPSA) is 103 Å². The number of hydrogen-bond donors (Lipinski definition) is 4. The SMILES string of the molecule is CC(C)CC(CO)NC(=O)C(C)(Cc1c[nH]c2ccccc12)NC(=O)OC1C2CC3CC(C2)CC1C3. The molecule has 4 saturated carbocycles. The van der Waals surface area contributed by atoms with E-state index in [0.717, 1.165) is 54.0 Å². The monoisotopic (exact) mass is 495 g/mol. The summed E-state index contributed by atoms with van der Waals surface area (Å²) in [6.45, 7) is 5.72. The van der Waals surface area contributed by atoms with Gasteiger partial charge in [0, 0.05) is 23.5 Å². The maximum Gasteiger partial charge on any atom is 0.408 e. The van der Waals surface area contributed by atoms with Crippen molar-refractivity contribution in [1.82, 2.24) is 15.6 Å². The van der Waals surface area contributed by atoms with Crippen LogP contribution in [0, 0.1) is 29.6 Å². The summed E-state index contributed by atoms with van der Waals surface area (Å²) in [4.78, 5) is 30.2. The molecule has 0 radical (unpaired) electrons. The standard InChI is InChI=1S/C29H41N3O4/c1-17(2)8-23(16-33)31-27(34)29(3,14-22-15-30-25-7-5-4-6-24(22)25)32-28(35)36-26-20-10-18-9-19(12-20)13-21(26)11-18/h4-7,15,17-21,23,26,30,33H,8-14,16H2,1-3H3,(H,31,34)(H,32,35). The van der Waals surface area contributed by atoms with Crippen LogP contribution in [-0.2, 0) is 16.0 Å². The van der Waals surface area contributed by atoms with Crippen molar-refractivity contribution in [2.45, 2.75) is 83.4 Å². The third-order valence-corrected chi connectivity index (χ3v) is 8.79. The summed E-state index contributed by atoms with van der Waals surface area (Å²) in [6, 6.07) is 7.57. The minimum atomic E-state index is -1.24. The minimum absolute atomic E-state index is 0.0515. The van der Waals surface area contributed by atoms with Gasteiger partial charge in [-0.25, -0.2) is 4.79 Å². The largest absolute Gasteiger partial charge is 0.446 e.